The van der Waals surface area contributed by atoms with Crippen molar-refractivity contribution in [2.24, 2.45) is 4.99 Å². The van der Waals surface area contributed by atoms with Crippen molar-refractivity contribution in [1.82, 2.24) is 10.6 Å². The fourth-order valence-electron chi connectivity index (χ4n) is 8.65. The highest BCUT2D eigenvalue weighted by atomic mass is 16.3. The van der Waals surface area contributed by atoms with Crippen LogP contribution in [-0.4, -0.2) is 5.84 Å². The second kappa shape index (κ2) is 15.2. The molecule has 1 aliphatic rings. The lowest BCUT2D eigenvalue weighted by molar-refractivity contribution is 0.409. The number of anilines is 3. The fraction of sp³-hybridized carbons (Fsp3) is 0.0364. The SMILES string of the molecule is c1ccc(-c2ccc(N(c3ccccc3)c3ccc(-c4cccc5oc6c7ccccc7c(C7=NC(c8ccccc8)NC(c8ccccc8)N7)cc6c45)cc3)cc2)cc1. The van der Waals surface area contributed by atoms with Crippen LogP contribution in [0.25, 0.3) is 55.0 Å². The summed E-state index contributed by atoms with van der Waals surface area (Å²) in [5.41, 5.74) is 12.9. The van der Waals surface area contributed by atoms with Gasteiger partial charge in [0.05, 0.1) is 0 Å². The van der Waals surface area contributed by atoms with Gasteiger partial charge in [-0.1, -0.05) is 170 Å². The number of hydrogen-bond donors (Lipinski definition) is 2. The first-order valence-electron chi connectivity index (χ1n) is 20.4. The van der Waals surface area contributed by atoms with E-state index in [0.717, 1.165) is 83.4 Å². The van der Waals surface area contributed by atoms with E-state index in [9.17, 15) is 0 Å². The Bertz CT molecular complexity index is 3130. The highest BCUT2D eigenvalue weighted by molar-refractivity contribution is 6.24. The summed E-state index contributed by atoms with van der Waals surface area (Å²) in [6, 6.07) is 76.9. The van der Waals surface area contributed by atoms with E-state index >= 15 is 0 Å². The molecule has 286 valence electrons. The normalized spacial score (nSPS) is 15.2. The molecule has 0 saturated carbocycles. The Morgan fingerprint density at radius 1 is 0.433 bits per heavy atom. The predicted octanol–water partition coefficient (Wildman–Crippen LogP) is 13.9. The van der Waals surface area contributed by atoms with Crippen molar-refractivity contribution in [1.29, 1.82) is 0 Å². The van der Waals surface area contributed by atoms with Gasteiger partial charge in [-0.15, -0.1) is 0 Å². The van der Waals surface area contributed by atoms with E-state index in [0.29, 0.717) is 0 Å². The highest BCUT2D eigenvalue weighted by Crippen LogP contribution is 2.43. The molecule has 0 fully saturated rings. The van der Waals surface area contributed by atoms with Crippen LogP contribution < -0.4 is 15.5 Å². The molecule has 1 aromatic heterocycles. The maximum atomic E-state index is 6.79. The van der Waals surface area contributed by atoms with Crippen LogP contribution >= 0.6 is 0 Å². The molecule has 2 atom stereocenters. The Morgan fingerprint density at radius 3 is 1.67 bits per heavy atom. The van der Waals surface area contributed by atoms with Crippen LogP contribution in [0.3, 0.4) is 0 Å². The standard InChI is InChI=1S/C55H40N4O/c1-5-16-37(17-6-1)38-28-32-43(33-29-38)59(42-22-11-4-12-23-42)44-34-30-39(31-35-44)45-26-15-27-50-51(45)49-36-48(46-24-13-14-25-47(46)52(49)60-50)55-57-53(40-18-7-2-8-19-40)56-54(58-55)41-20-9-3-10-21-41/h1-36,53-54,56H,(H,57,58). The Morgan fingerprint density at radius 2 is 0.983 bits per heavy atom. The Balaban J connectivity index is 1.03. The first-order chi connectivity index (χ1) is 29.7. The summed E-state index contributed by atoms with van der Waals surface area (Å²) in [6.45, 7) is 0. The zero-order valence-corrected chi connectivity index (χ0v) is 32.7. The number of hydrogen-bond acceptors (Lipinski definition) is 5. The van der Waals surface area contributed by atoms with E-state index in [2.05, 4.69) is 228 Å². The third-order valence-corrected chi connectivity index (χ3v) is 11.6. The average molecular weight is 773 g/mol. The second-order valence-corrected chi connectivity index (χ2v) is 15.2. The second-order valence-electron chi connectivity index (χ2n) is 15.2. The minimum absolute atomic E-state index is 0.147. The van der Waals surface area contributed by atoms with E-state index in [-0.39, 0.29) is 12.3 Å². The number of benzene rings is 9. The van der Waals surface area contributed by atoms with Gasteiger partial charge in [0.2, 0.25) is 0 Å². The smallest absolute Gasteiger partial charge is 0.143 e. The van der Waals surface area contributed by atoms with Crippen LogP contribution in [0.2, 0.25) is 0 Å². The van der Waals surface area contributed by atoms with Crippen LogP contribution in [-0.2, 0) is 0 Å². The molecule has 0 saturated heterocycles. The molecule has 1 aliphatic heterocycles. The number of nitrogens with one attached hydrogen (secondary N) is 2. The van der Waals surface area contributed by atoms with Gasteiger partial charge in [-0.3, -0.25) is 5.32 Å². The van der Waals surface area contributed by atoms with E-state index in [1.807, 2.05) is 6.07 Å². The fourth-order valence-corrected chi connectivity index (χ4v) is 8.65. The van der Waals surface area contributed by atoms with Gasteiger partial charge in [0.25, 0.3) is 0 Å². The van der Waals surface area contributed by atoms with Gasteiger partial charge in [0, 0.05) is 38.8 Å². The van der Waals surface area contributed by atoms with Crippen LogP contribution in [0.5, 0.6) is 0 Å². The molecule has 10 aromatic rings. The highest BCUT2D eigenvalue weighted by Gasteiger charge is 2.27. The van der Waals surface area contributed by atoms with Crippen LogP contribution in [0.15, 0.2) is 228 Å². The summed E-state index contributed by atoms with van der Waals surface area (Å²) < 4.78 is 6.79. The molecular formula is C55H40N4O. The summed E-state index contributed by atoms with van der Waals surface area (Å²) >= 11 is 0. The van der Waals surface area contributed by atoms with Gasteiger partial charge < -0.3 is 14.6 Å². The molecule has 0 amide bonds. The Hall–Kier alpha value is -7.73. The Labute approximate surface area is 348 Å². The lowest BCUT2D eigenvalue weighted by Crippen LogP contribution is -2.45. The van der Waals surface area contributed by atoms with Crippen molar-refractivity contribution in [3.8, 4) is 22.3 Å². The molecule has 0 spiro atoms. The molecule has 2 unspecified atom stereocenters. The molecule has 5 heteroatoms. The molecule has 9 aromatic carbocycles. The van der Waals surface area contributed by atoms with E-state index in [1.54, 1.807) is 0 Å². The number of aliphatic imine (C=N–C) groups is 1. The number of rotatable bonds is 8. The molecule has 11 rings (SSSR count). The number of nitrogens with zero attached hydrogens (tertiary/aromatic N) is 2. The molecule has 0 bridgehead atoms. The van der Waals surface area contributed by atoms with Crippen LogP contribution in [0, 0.1) is 0 Å². The molecule has 2 heterocycles. The van der Waals surface area contributed by atoms with Gasteiger partial charge in [0.1, 0.15) is 29.3 Å². The van der Waals surface area contributed by atoms with Crippen molar-refractivity contribution in [3.63, 3.8) is 0 Å². The van der Waals surface area contributed by atoms with E-state index < -0.39 is 0 Å². The molecular weight excluding hydrogens is 733 g/mol. The largest absolute Gasteiger partial charge is 0.455 e. The lowest BCUT2D eigenvalue weighted by atomic mass is 9.95. The maximum absolute atomic E-state index is 6.79. The van der Waals surface area contributed by atoms with Crippen molar-refractivity contribution < 1.29 is 4.42 Å². The summed E-state index contributed by atoms with van der Waals surface area (Å²) in [5.74, 6) is 0.837. The Kier molecular flexibility index (Phi) is 8.99. The lowest BCUT2D eigenvalue weighted by Gasteiger charge is -2.32. The minimum atomic E-state index is -0.241. The first-order valence-corrected chi connectivity index (χ1v) is 20.4. The average Bonchev–Trinajstić information content (AvgIpc) is 3.72. The molecule has 60 heavy (non-hydrogen) atoms. The number of para-hydroxylation sites is 1. The number of fused-ring (bicyclic) bond motifs is 5. The number of amidine groups is 1. The first kappa shape index (κ1) is 35.4. The summed E-state index contributed by atoms with van der Waals surface area (Å²) in [5, 5.41) is 11.8. The zero-order valence-electron chi connectivity index (χ0n) is 32.7. The van der Waals surface area contributed by atoms with Crippen LogP contribution in [0.4, 0.5) is 17.1 Å². The van der Waals surface area contributed by atoms with Crippen LogP contribution in [0.1, 0.15) is 29.0 Å². The van der Waals surface area contributed by atoms with Crippen molar-refractivity contribution in [3.05, 3.63) is 235 Å². The number of furan rings is 1. The van der Waals surface area contributed by atoms with Gasteiger partial charge in [-0.2, -0.15) is 0 Å². The summed E-state index contributed by atoms with van der Waals surface area (Å²) in [6.07, 6.45) is -0.389. The van der Waals surface area contributed by atoms with E-state index in [1.165, 1.54) is 11.1 Å². The summed E-state index contributed by atoms with van der Waals surface area (Å²) in [4.78, 5) is 7.66. The van der Waals surface area contributed by atoms with Gasteiger partial charge in [-0.05, 0) is 87.3 Å². The molecule has 0 radical (unpaired) electrons. The minimum Gasteiger partial charge on any atom is -0.455 e. The van der Waals surface area contributed by atoms with Gasteiger partial charge in [0.15, 0.2) is 0 Å². The monoisotopic (exact) mass is 772 g/mol. The maximum Gasteiger partial charge on any atom is 0.143 e. The van der Waals surface area contributed by atoms with Crippen molar-refractivity contribution in [2.75, 3.05) is 4.90 Å². The molecule has 2 N–H and O–H groups in total. The predicted molar refractivity (Wildman–Crippen MR) is 248 cm³/mol. The third kappa shape index (κ3) is 6.48. The van der Waals surface area contributed by atoms with Gasteiger partial charge >= 0.3 is 0 Å². The quantitative estimate of drug-likeness (QED) is 0.161. The third-order valence-electron chi connectivity index (χ3n) is 11.6. The zero-order chi connectivity index (χ0) is 39.8. The summed E-state index contributed by atoms with van der Waals surface area (Å²) in [7, 11) is 0. The molecule has 5 nitrogen and oxygen atoms in total. The topological polar surface area (TPSA) is 52.8 Å². The molecule has 0 aliphatic carbocycles. The van der Waals surface area contributed by atoms with Crippen molar-refractivity contribution in [2.45, 2.75) is 12.3 Å². The van der Waals surface area contributed by atoms with E-state index in [4.69, 9.17) is 9.41 Å². The van der Waals surface area contributed by atoms with Crippen molar-refractivity contribution >= 4 is 55.6 Å². The van der Waals surface area contributed by atoms with Gasteiger partial charge in [-0.25, -0.2) is 4.99 Å².